The van der Waals surface area contributed by atoms with Gasteiger partial charge >= 0.3 is 11.9 Å². The second-order valence-corrected chi connectivity index (χ2v) is 7.48. The number of phenols is 1. The Morgan fingerprint density at radius 1 is 1.03 bits per heavy atom. The summed E-state index contributed by atoms with van der Waals surface area (Å²) in [5.74, 6) is -2.00. The van der Waals surface area contributed by atoms with Crippen molar-refractivity contribution in [3.63, 3.8) is 0 Å². The molecule has 0 heterocycles. The van der Waals surface area contributed by atoms with Crippen molar-refractivity contribution >= 4 is 17.8 Å². The number of amides is 1. The number of carbonyl (C=O) groups excluding carboxylic acids is 1. The van der Waals surface area contributed by atoms with Crippen LogP contribution < -0.4 is 5.32 Å². The van der Waals surface area contributed by atoms with Gasteiger partial charge in [-0.1, -0.05) is 49.6 Å². The lowest BCUT2D eigenvalue weighted by atomic mass is 10.00. The highest BCUT2D eigenvalue weighted by molar-refractivity contribution is 5.91. The van der Waals surface area contributed by atoms with Crippen LogP contribution in [0.4, 0.5) is 0 Å². The molecule has 7 heteroatoms. The molecule has 1 rings (SSSR count). The number of hydrogen-bond donors (Lipinski definition) is 4. The van der Waals surface area contributed by atoms with Crippen LogP contribution in [-0.2, 0) is 20.8 Å². The molecule has 0 radical (unpaired) electrons. The van der Waals surface area contributed by atoms with Gasteiger partial charge in [0, 0.05) is 18.9 Å². The molecule has 0 aromatic heterocycles. The van der Waals surface area contributed by atoms with Crippen LogP contribution in [0, 0.1) is 5.92 Å². The number of rotatable bonds is 13. The van der Waals surface area contributed by atoms with Gasteiger partial charge in [0.25, 0.3) is 0 Å². The highest BCUT2D eigenvalue weighted by Gasteiger charge is 2.19. The Labute approximate surface area is 177 Å². The molecule has 0 fully saturated rings. The van der Waals surface area contributed by atoms with Gasteiger partial charge in [-0.2, -0.15) is 0 Å². The van der Waals surface area contributed by atoms with Crippen LogP contribution in [0.1, 0.15) is 51.5 Å². The molecule has 164 valence electrons. The van der Waals surface area contributed by atoms with Gasteiger partial charge in [0.2, 0.25) is 5.91 Å². The second-order valence-electron chi connectivity index (χ2n) is 7.48. The first-order valence-electron chi connectivity index (χ1n) is 10.1. The molecule has 7 nitrogen and oxygen atoms in total. The molecule has 1 aromatic carbocycles. The number of benzene rings is 1. The monoisotopic (exact) mass is 417 g/mol. The third kappa shape index (κ3) is 11.0. The number of allylic oxidation sites excluding steroid dienone is 3. The zero-order valence-corrected chi connectivity index (χ0v) is 17.5. The average molecular weight is 418 g/mol. The topological polar surface area (TPSA) is 124 Å². The van der Waals surface area contributed by atoms with E-state index in [-0.39, 0.29) is 18.6 Å². The minimum Gasteiger partial charge on any atom is -0.508 e. The van der Waals surface area contributed by atoms with Crippen LogP contribution in [0.5, 0.6) is 5.75 Å². The summed E-state index contributed by atoms with van der Waals surface area (Å²) in [6.07, 6.45) is 8.75. The normalized spacial score (nSPS) is 13.7. The minimum atomic E-state index is -1.13. The molecule has 1 aromatic rings. The number of carboxylic acids is 2. The molecular weight excluding hydrogens is 386 g/mol. The summed E-state index contributed by atoms with van der Waals surface area (Å²) in [6, 6.07) is 5.10. The first kappa shape index (κ1) is 24.9. The zero-order valence-electron chi connectivity index (χ0n) is 17.5. The van der Waals surface area contributed by atoms with E-state index < -0.39 is 23.9 Å². The molecule has 0 aliphatic rings. The Bertz CT molecular complexity index is 766. The summed E-state index contributed by atoms with van der Waals surface area (Å²) in [7, 11) is 0. The maximum Gasteiger partial charge on any atom is 0.326 e. The molecule has 2 atom stereocenters. The summed E-state index contributed by atoms with van der Waals surface area (Å²) in [5.41, 5.74) is 1.59. The summed E-state index contributed by atoms with van der Waals surface area (Å²) < 4.78 is 0. The van der Waals surface area contributed by atoms with E-state index in [2.05, 4.69) is 12.2 Å². The fourth-order valence-electron chi connectivity index (χ4n) is 3.00. The highest BCUT2D eigenvalue weighted by atomic mass is 16.4. The quantitative estimate of drug-likeness (QED) is 0.220. The van der Waals surface area contributed by atoms with Gasteiger partial charge in [0.1, 0.15) is 11.8 Å². The summed E-state index contributed by atoms with van der Waals surface area (Å²) >= 11 is 0. The van der Waals surface area contributed by atoms with Crippen LogP contribution in [0.3, 0.4) is 0 Å². The Morgan fingerprint density at radius 2 is 1.70 bits per heavy atom. The minimum absolute atomic E-state index is 0.0920. The molecule has 0 saturated heterocycles. The zero-order chi connectivity index (χ0) is 22.5. The third-order valence-corrected chi connectivity index (χ3v) is 4.59. The van der Waals surface area contributed by atoms with Crippen molar-refractivity contribution in [3.8, 4) is 5.75 Å². The molecule has 0 aliphatic heterocycles. The van der Waals surface area contributed by atoms with Crippen LogP contribution in [0.2, 0.25) is 0 Å². The number of carbonyl (C=O) groups is 3. The van der Waals surface area contributed by atoms with Gasteiger partial charge in [-0.05, 0) is 43.4 Å². The van der Waals surface area contributed by atoms with Crippen molar-refractivity contribution in [1.82, 2.24) is 5.32 Å². The first-order valence-corrected chi connectivity index (χ1v) is 10.1. The average Bonchev–Trinajstić information content (AvgIpc) is 2.67. The lowest BCUT2D eigenvalue weighted by Crippen LogP contribution is -2.41. The third-order valence-electron chi connectivity index (χ3n) is 4.59. The van der Waals surface area contributed by atoms with Gasteiger partial charge in [-0.15, -0.1) is 0 Å². The van der Waals surface area contributed by atoms with Crippen LogP contribution >= 0.6 is 0 Å². The molecule has 0 saturated carbocycles. The molecular formula is C23H31NO6. The van der Waals surface area contributed by atoms with Crippen molar-refractivity contribution in [1.29, 1.82) is 0 Å². The predicted molar refractivity (Wildman–Crippen MR) is 114 cm³/mol. The lowest BCUT2D eigenvalue weighted by Gasteiger charge is -2.13. The molecule has 30 heavy (non-hydrogen) atoms. The van der Waals surface area contributed by atoms with Crippen LogP contribution in [-0.4, -0.2) is 39.2 Å². The summed E-state index contributed by atoms with van der Waals surface area (Å²) in [5, 5.41) is 29.8. The van der Waals surface area contributed by atoms with Gasteiger partial charge in [0.15, 0.2) is 0 Å². The molecule has 0 unspecified atom stereocenters. The van der Waals surface area contributed by atoms with Crippen molar-refractivity contribution in [2.45, 2.75) is 58.4 Å². The fourth-order valence-corrected chi connectivity index (χ4v) is 3.00. The van der Waals surface area contributed by atoms with E-state index in [1.54, 1.807) is 18.2 Å². The van der Waals surface area contributed by atoms with E-state index in [0.29, 0.717) is 17.9 Å². The van der Waals surface area contributed by atoms with Crippen LogP contribution in [0.25, 0.3) is 0 Å². The Hall–Kier alpha value is -3.09. The van der Waals surface area contributed by atoms with Gasteiger partial charge in [-0.25, -0.2) is 4.79 Å². The fraction of sp³-hybridized carbons (Fsp3) is 0.435. The number of hydrogen-bond acceptors (Lipinski definition) is 4. The second kappa shape index (κ2) is 13.2. The van der Waals surface area contributed by atoms with Gasteiger partial charge < -0.3 is 20.6 Å². The smallest absolute Gasteiger partial charge is 0.326 e. The number of carboxylic acid groups (broad SMARTS) is 2. The van der Waals surface area contributed by atoms with E-state index in [1.807, 2.05) is 13.0 Å². The molecule has 0 aliphatic carbocycles. The number of aromatic hydroxyl groups is 1. The maximum atomic E-state index is 12.1. The molecule has 0 spiro atoms. The Kier molecular flexibility index (Phi) is 11.0. The van der Waals surface area contributed by atoms with Crippen molar-refractivity contribution in [2.24, 2.45) is 5.92 Å². The molecule has 4 N–H and O–H groups in total. The number of aliphatic carboxylic acids is 2. The van der Waals surface area contributed by atoms with Crippen LogP contribution in [0.15, 0.2) is 48.1 Å². The largest absolute Gasteiger partial charge is 0.508 e. The Balaban J connectivity index is 2.49. The number of phenolic OH excluding ortho intramolecular Hbond substituents is 1. The van der Waals surface area contributed by atoms with E-state index >= 15 is 0 Å². The standard InChI is InChI=1S/C23H31NO6/c1-16(6-4-3-5-7-22(27)28)14-17(2)8-13-21(26)24-20(23(29)30)15-18-9-11-19(25)12-10-18/h8-14,16,20,25H,3-7,15H2,1-2H3,(H,24,26)(H,27,28)(H,29,30)/b13-8+,17-14?/t16-,20-/m1/s1. The number of unbranched alkanes of at least 4 members (excludes halogenated alkanes) is 2. The lowest BCUT2D eigenvalue weighted by molar-refractivity contribution is -0.141. The molecule has 1 amide bonds. The first-order chi connectivity index (χ1) is 14.2. The van der Waals surface area contributed by atoms with Gasteiger partial charge in [0.05, 0.1) is 0 Å². The van der Waals surface area contributed by atoms with E-state index in [9.17, 15) is 24.6 Å². The van der Waals surface area contributed by atoms with Crippen molar-refractivity contribution in [3.05, 3.63) is 53.6 Å². The van der Waals surface area contributed by atoms with E-state index in [4.69, 9.17) is 5.11 Å². The van der Waals surface area contributed by atoms with Crippen molar-refractivity contribution < 1.29 is 29.7 Å². The maximum absolute atomic E-state index is 12.1. The predicted octanol–water partition coefficient (Wildman–Crippen LogP) is 3.68. The molecule has 0 bridgehead atoms. The van der Waals surface area contributed by atoms with E-state index in [1.165, 1.54) is 18.2 Å². The van der Waals surface area contributed by atoms with Gasteiger partial charge in [-0.3, -0.25) is 9.59 Å². The van der Waals surface area contributed by atoms with Crippen molar-refractivity contribution in [2.75, 3.05) is 0 Å². The Morgan fingerprint density at radius 3 is 2.30 bits per heavy atom. The number of nitrogens with one attached hydrogen (secondary N) is 1. The summed E-state index contributed by atoms with van der Waals surface area (Å²) in [4.78, 5) is 34.0. The summed E-state index contributed by atoms with van der Waals surface area (Å²) in [6.45, 7) is 3.93. The highest BCUT2D eigenvalue weighted by Crippen LogP contribution is 2.14. The SMILES string of the molecule is CC(=C[C@H](C)CCCCCC(=O)O)/C=C/C(=O)N[C@H](Cc1ccc(O)cc1)C(=O)O. The van der Waals surface area contributed by atoms with E-state index in [0.717, 1.165) is 24.8 Å².